The molecule has 18 heavy (non-hydrogen) atoms. The second kappa shape index (κ2) is 8.89. The van der Waals surface area contributed by atoms with Crippen LogP contribution >= 0.6 is 0 Å². The van der Waals surface area contributed by atoms with E-state index in [9.17, 15) is 5.11 Å². The van der Waals surface area contributed by atoms with Crippen molar-refractivity contribution in [3.05, 3.63) is 0 Å². The highest BCUT2D eigenvalue weighted by Gasteiger charge is 2.26. The molecule has 0 radical (unpaired) electrons. The predicted molar refractivity (Wildman–Crippen MR) is 77.9 cm³/mol. The summed E-state index contributed by atoms with van der Waals surface area (Å²) in [4.78, 5) is 4.84. The van der Waals surface area contributed by atoms with Crippen LogP contribution in [0.5, 0.6) is 0 Å². The van der Waals surface area contributed by atoms with Gasteiger partial charge in [-0.25, -0.2) is 0 Å². The van der Waals surface area contributed by atoms with Crippen LogP contribution in [0.3, 0.4) is 0 Å². The van der Waals surface area contributed by atoms with Gasteiger partial charge in [0.15, 0.2) is 0 Å². The number of aliphatic hydroxyl groups is 1. The van der Waals surface area contributed by atoms with Gasteiger partial charge in [-0.05, 0) is 20.4 Å². The van der Waals surface area contributed by atoms with E-state index in [1.54, 1.807) is 0 Å². The first-order valence-corrected chi connectivity index (χ1v) is 7.74. The van der Waals surface area contributed by atoms with Crippen molar-refractivity contribution < 1.29 is 5.11 Å². The van der Waals surface area contributed by atoms with Crippen molar-refractivity contribution in [3.8, 4) is 0 Å². The molecule has 2 atom stereocenters. The van der Waals surface area contributed by atoms with Crippen molar-refractivity contribution in [1.29, 1.82) is 0 Å². The largest absolute Gasteiger partial charge is 0.395 e. The monoisotopic (exact) mass is 256 g/mol. The highest BCUT2D eigenvalue weighted by Crippen LogP contribution is 2.15. The van der Waals surface area contributed by atoms with Gasteiger partial charge in [0.05, 0.1) is 6.61 Å². The molecule has 3 nitrogen and oxygen atoms in total. The van der Waals surface area contributed by atoms with Crippen molar-refractivity contribution in [1.82, 2.24) is 9.80 Å². The van der Waals surface area contributed by atoms with Crippen LogP contribution in [0.25, 0.3) is 0 Å². The van der Waals surface area contributed by atoms with Crippen molar-refractivity contribution in [2.75, 3.05) is 33.3 Å². The number of nitrogens with zero attached hydrogens (tertiary/aromatic N) is 2. The minimum Gasteiger partial charge on any atom is -0.395 e. The molecule has 1 N–H and O–H groups in total. The van der Waals surface area contributed by atoms with E-state index in [-0.39, 0.29) is 6.61 Å². The van der Waals surface area contributed by atoms with Gasteiger partial charge in [0.2, 0.25) is 0 Å². The zero-order valence-electron chi connectivity index (χ0n) is 12.6. The summed E-state index contributed by atoms with van der Waals surface area (Å²) in [6.45, 7) is 8.18. The van der Waals surface area contributed by atoms with Gasteiger partial charge in [-0.2, -0.15) is 0 Å². The van der Waals surface area contributed by atoms with Crippen LogP contribution in [0, 0.1) is 0 Å². The summed E-state index contributed by atoms with van der Waals surface area (Å²) in [6.07, 6.45) is 8.16. The lowest BCUT2D eigenvalue weighted by Gasteiger charge is -2.41. The van der Waals surface area contributed by atoms with Crippen LogP contribution in [0.1, 0.15) is 52.4 Å². The Morgan fingerprint density at radius 3 is 2.56 bits per heavy atom. The molecule has 0 aromatic carbocycles. The molecule has 0 aromatic heterocycles. The van der Waals surface area contributed by atoms with Crippen molar-refractivity contribution in [2.24, 2.45) is 0 Å². The smallest absolute Gasteiger partial charge is 0.0599 e. The van der Waals surface area contributed by atoms with Crippen molar-refractivity contribution >= 4 is 0 Å². The molecule has 0 bridgehead atoms. The number of piperazine rings is 1. The van der Waals surface area contributed by atoms with Gasteiger partial charge >= 0.3 is 0 Å². The minimum atomic E-state index is 0.288. The van der Waals surface area contributed by atoms with Crippen LogP contribution in [0.2, 0.25) is 0 Å². The summed E-state index contributed by atoms with van der Waals surface area (Å²) in [5.41, 5.74) is 0. The van der Waals surface area contributed by atoms with Crippen LogP contribution in [0.15, 0.2) is 0 Å². The molecule has 0 amide bonds. The average molecular weight is 256 g/mol. The topological polar surface area (TPSA) is 26.7 Å². The van der Waals surface area contributed by atoms with E-state index >= 15 is 0 Å². The second-order valence-corrected chi connectivity index (χ2v) is 5.86. The molecule has 0 aromatic rings. The Balaban J connectivity index is 2.18. The predicted octanol–water partition coefficient (Wildman–Crippen LogP) is 2.34. The molecule has 3 heteroatoms. The Morgan fingerprint density at radius 1 is 1.17 bits per heavy atom. The van der Waals surface area contributed by atoms with Crippen LogP contribution in [0.4, 0.5) is 0 Å². The molecule has 0 saturated carbocycles. The van der Waals surface area contributed by atoms with E-state index in [1.807, 2.05) is 0 Å². The summed E-state index contributed by atoms with van der Waals surface area (Å²) in [7, 11) is 2.12. The van der Waals surface area contributed by atoms with Crippen LogP contribution in [-0.2, 0) is 0 Å². The molecule has 0 spiro atoms. The number of hydrogen-bond acceptors (Lipinski definition) is 3. The third-order valence-electron chi connectivity index (χ3n) is 4.37. The number of aliphatic hydroxyl groups excluding tert-OH is 1. The summed E-state index contributed by atoms with van der Waals surface area (Å²) in [6, 6.07) is 1.01. The molecular weight excluding hydrogens is 224 g/mol. The molecule has 1 aliphatic rings. The lowest BCUT2D eigenvalue weighted by atomic mass is 10.0. The molecule has 1 aliphatic heterocycles. The quantitative estimate of drug-likeness (QED) is 0.675. The van der Waals surface area contributed by atoms with E-state index in [2.05, 4.69) is 30.7 Å². The van der Waals surface area contributed by atoms with E-state index in [1.165, 1.54) is 38.5 Å². The van der Waals surface area contributed by atoms with Gasteiger partial charge in [0.1, 0.15) is 0 Å². The SMILES string of the molecule is CCCCCCCC(C)N1CCN(C)[C@@H](CO)C1. The zero-order chi connectivity index (χ0) is 13.4. The number of rotatable bonds is 8. The Labute approximate surface area is 113 Å². The first-order chi connectivity index (χ1) is 8.69. The summed E-state index contributed by atoms with van der Waals surface area (Å²) < 4.78 is 0. The lowest BCUT2D eigenvalue weighted by Crippen LogP contribution is -2.55. The van der Waals surface area contributed by atoms with Crippen molar-refractivity contribution in [2.45, 2.75) is 64.5 Å². The second-order valence-electron chi connectivity index (χ2n) is 5.86. The first kappa shape index (κ1) is 15.9. The van der Waals surface area contributed by atoms with E-state index < -0.39 is 0 Å². The third-order valence-corrected chi connectivity index (χ3v) is 4.37. The fraction of sp³-hybridized carbons (Fsp3) is 1.00. The normalized spacial score (nSPS) is 24.3. The Kier molecular flexibility index (Phi) is 7.87. The van der Waals surface area contributed by atoms with Gasteiger partial charge in [-0.1, -0.05) is 39.0 Å². The van der Waals surface area contributed by atoms with Gasteiger partial charge in [-0.15, -0.1) is 0 Å². The fourth-order valence-electron chi connectivity index (χ4n) is 2.79. The standard InChI is InChI=1S/C15H32N2O/c1-4-5-6-7-8-9-14(2)17-11-10-16(3)15(12-17)13-18/h14-15,18H,4-13H2,1-3H3/t14?,15-/m1/s1. The Morgan fingerprint density at radius 2 is 1.89 bits per heavy atom. The summed E-state index contributed by atoms with van der Waals surface area (Å²) in [5, 5.41) is 9.37. The molecule has 1 heterocycles. The number of likely N-dealkylation sites (N-methyl/N-ethyl adjacent to an activating group) is 1. The first-order valence-electron chi connectivity index (χ1n) is 7.74. The molecule has 108 valence electrons. The van der Waals surface area contributed by atoms with Crippen molar-refractivity contribution in [3.63, 3.8) is 0 Å². The van der Waals surface area contributed by atoms with Crippen LogP contribution in [-0.4, -0.2) is 60.3 Å². The molecule has 1 fully saturated rings. The third kappa shape index (κ3) is 5.25. The molecule has 0 aliphatic carbocycles. The molecule has 1 unspecified atom stereocenters. The van der Waals surface area contributed by atoms with E-state index in [0.717, 1.165) is 19.6 Å². The van der Waals surface area contributed by atoms with E-state index in [0.29, 0.717) is 12.1 Å². The lowest BCUT2D eigenvalue weighted by molar-refractivity contribution is 0.0369. The summed E-state index contributed by atoms with van der Waals surface area (Å²) >= 11 is 0. The zero-order valence-corrected chi connectivity index (χ0v) is 12.6. The number of hydrogen-bond donors (Lipinski definition) is 1. The maximum Gasteiger partial charge on any atom is 0.0599 e. The molecule has 1 rings (SSSR count). The van der Waals surface area contributed by atoms with Gasteiger partial charge in [0.25, 0.3) is 0 Å². The highest BCUT2D eigenvalue weighted by molar-refractivity contribution is 4.82. The van der Waals surface area contributed by atoms with Gasteiger partial charge in [0, 0.05) is 31.7 Å². The van der Waals surface area contributed by atoms with Gasteiger partial charge < -0.3 is 5.11 Å². The maximum absolute atomic E-state index is 9.37. The van der Waals surface area contributed by atoms with Crippen LogP contribution < -0.4 is 0 Å². The maximum atomic E-state index is 9.37. The average Bonchev–Trinajstić information content (AvgIpc) is 2.38. The Hall–Kier alpha value is -0.120. The van der Waals surface area contributed by atoms with Gasteiger partial charge in [-0.3, -0.25) is 9.80 Å². The highest BCUT2D eigenvalue weighted by atomic mass is 16.3. The molecular formula is C15H32N2O. The van der Waals surface area contributed by atoms with E-state index in [4.69, 9.17) is 0 Å². The Bertz CT molecular complexity index is 211. The number of unbranched alkanes of at least 4 members (excludes halogenated alkanes) is 4. The molecule has 1 saturated heterocycles. The fourth-order valence-corrected chi connectivity index (χ4v) is 2.79. The minimum absolute atomic E-state index is 0.288. The summed E-state index contributed by atoms with van der Waals surface area (Å²) in [5.74, 6) is 0.